The van der Waals surface area contributed by atoms with E-state index in [0.29, 0.717) is 6.42 Å². The normalized spacial score (nSPS) is 19.1. The van der Waals surface area contributed by atoms with Crippen LogP contribution in [0.15, 0.2) is 61.1 Å². The van der Waals surface area contributed by atoms with Gasteiger partial charge in [0.1, 0.15) is 6.04 Å². The van der Waals surface area contributed by atoms with Gasteiger partial charge in [0.15, 0.2) is 0 Å². The number of aromatic nitrogens is 2. The Morgan fingerprint density at radius 3 is 2.84 bits per heavy atom. The van der Waals surface area contributed by atoms with Crippen LogP contribution in [-0.4, -0.2) is 38.5 Å². The average molecular weight is 333 g/mol. The maximum atomic E-state index is 11.8. The second kappa shape index (κ2) is 6.61. The summed E-state index contributed by atoms with van der Waals surface area (Å²) in [5.41, 5.74) is 3.00. The van der Waals surface area contributed by atoms with Crippen molar-refractivity contribution < 1.29 is 9.90 Å². The summed E-state index contributed by atoms with van der Waals surface area (Å²) in [5.74, 6) is -0.759. The summed E-state index contributed by atoms with van der Waals surface area (Å²) in [5, 5.41) is 10.7. The first-order valence-electron chi connectivity index (χ1n) is 8.48. The fourth-order valence-corrected chi connectivity index (χ4v) is 3.81. The van der Waals surface area contributed by atoms with E-state index in [0.717, 1.165) is 35.0 Å². The van der Waals surface area contributed by atoms with Crippen LogP contribution in [0.3, 0.4) is 0 Å². The molecule has 4 rings (SSSR count). The Morgan fingerprint density at radius 2 is 2.04 bits per heavy atom. The summed E-state index contributed by atoms with van der Waals surface area (Å²) < 4.78 is 0. The number of likely N-dealkylation sites (tertiary alicyclic amines) is 1. The van der Waals surface area contributed by atoms with Crippen molar-refractivity contribution in [2.75, 3.05) is 6.54 Å². The molecule has 1 saturated heterocycles. The SMILES string of the molecule is O=C(O)C1CCCN1C(c1cccnc1)c1ccnc2ccccc12. The lowest BCUT2D eigenvalue weighted by atomic mass is 9.94. The summed E-state index contributed by atoms with van der Waals surface area (Å²) in [4.78, 5) is 22.6. The Hall–Kier alpha value is -2.79. The molecule has 3 heterocycles. The van der Waals surface area contributed by atoms with Gasteiger partial charge in [-0.2, -0.15) is 0 Å². The minimum absolute atomic E-state index is 0.148. The minimum Gasteiger partial charge on any atom is -0.480 e. The number of aliphatic carboxylic acids is 1. The Labute approximate surface area is 146 Å². The van der Waals surface area contributed by atoms with E-state index in [1.807, 2.05) is 48.7 Å². The van der Waals surface area contributed by atoms with E-state index < -0.39 is 12.0 Å². The van der Waals surface area contributed by atoms with Gasteiger partial charge >= 0.3 is 5.97 Å². The monoisotopic (exact) mass is 333 g/mol. The number of nitrogens with zero attached hydrogens (tertiary/aromatic N) is 3. The first-order chi connectivity index (χ1) is 12.3. The summed E-state index contributed by atoms with van der Waals surface area (Å²) in [6, 6.07) is 13.3. The van der Waals surface area contributed by atoms with Crippen molar-refractivity contribution in [3.8, 4) is 0 Å². The Bertz CT molecular complexity index is 892. The highest BCUT2D eigenvalue weighted by Gasteiger charge is 2.37. The summed E-state index contributed by atoms with van der Waals surface area (Å²) >= 11 is 0. The lowest BCUT2D eigenvalue weighted by molar-refractivity contribution is -0.142. The molecule has 1 aliphatic rings. The standard InChI is InChI=1S/C20H19N3O2/c24-20(25)18-8-4-12-23(18)19(14-5-3-10-21-13-14)16-9-11-22-17-7-2-1-6-15(16)17/h1-3,5-7,9-11,13,18-19H,4,8,12H2,(H,24,25). The summed E-state index contributed by atoms with van der Waals surface area (Å²) in [6.07, 6.45) is 6.93. The van der Waals surface area contributed by atoms with Gasteiger partial charge in [-0.3, -0.25) is 19.7 Å². The molecular formula is C20H19N3O2. The second-order valence-corrected chi connectivity index (χ2v) is 6.34. The molecule has 2 atom stereocenters. The van der Waals surface area contributed by atoms with Gasteiger partial charge in [0.2, 0.25) is 0 Å². The summed E-state index contributed by atoms with van der Waals surface area (Å²) in [6.45, 7) is 0.757. The third kappa shape index (κ3) is 2.87. The molecule has 5 heteroatoms. The molecule has 0 radical (unpaired) electrons. The molecule has 1 fully saturated rings. The highest BCUT2D eigenvalue weighted by molar-refractivity contribution is 5.83. The number of rotatable bonds is 4. The molecule has 2 aromatic heterocycles. The quantitative estimate of drug-likeness (QED) is 0.794. The maximum absolute atomic E-state index is 11.8. The number of pyridine rings is 2. The topological polar surface area (TPSA) is 66.3 Å². The van der Waals surface area contributed by atoms with Crippen molar-refractivity contribution in [1.82, 2.24) is 14.9 Å². The van der Waals surface area contributed by atoms with Crippen LogP contribution < -0.4 is 0 Å². The van der Waals surface area contributed by atoms with Crippen molar-refractivity contribution in [2.24, 2.45) is 0 Å². The number of carboxylic acid groups (broad SMARTS) is 1. The minimum atomic E-state index is -0.759. The maximum Gasteiger partial charge on any atom is 0.320 e. The third-order valence-corrected chi connectivity index (χ3v) is 4.89. The predicted octanol–water partition coefficient (Wildman–Crippen LogP) is 3.27. The smallest absolute Gasteiger partial charge is 0.320 e. The molecule has 0 amide bonds. The first-order valence-corrected chi connectivity index (χ1v) is 8.48. The van der Waals surface area contributed by atoms with E-state index >= 15 is 0 Å². The van der Waals surface area contributed by atoms with E-state index in [-0.39, 0.29) is 6.04 Å². The molecule has 0 saturated carbocycles. The van der Waals surface area contributed by atoms with E-state index in [4.69, 9.17) is 0 Å². The molecule has 0 bridgehead atoms. The third-order valence-electron chi connectivity index (χ3n) is 4.89. The van der Waals surface area contributed by atoms with E-state index in [1.54, 1.807) is 12.4 Å². The molecule has 2 unspecified atom stereocenters. The van der Waals surface area contributed by atoms with Gasteiger partial charge in [-0.1, -0.05) is 24.3 Å². The average Bonchev–Trinajstić information content (AvgIpc) is 3.13. The molecule has 0 spiro atoms. The van der Waals surface area contributed by atoms with E-state index in [2.05, 4.69) is 14.9 Å². The van der Waals surface area contributed by atoms with Crippen LogP contribution in [0.5, 0.6) is 0 Å². The van der Waals surface area contributed by atoms with Gasteiger partial charge < -0.3 is 5.11 Å². The zero-order valence-corrected chi connectivity index (χ0v) is 13.7. The van der Waals surface area contributed by atoms with Crippen molar-refractivity contribution in [2.45, 2.75) is 24.9 Å². The Kier molecular flexibility index (Phi) is 4.15. The van der Waals surface area contributed by atoms with Crippen LogP contribution in [-0.2, 0) is 4.79 Å². The Balaban J connectivity index is 1.90. The fraction of sp³-hybridized carbons (Fsp3) is 0.250. The first kappa shape index (κ1) is 15.7. The molecule has 25 heavy (non-hydrogen) atoms. The van der Waals surface area contributed by atoms with Gasteiger partial charge in [0.05, 0.1) is 11.6 Å². The molecule has 126 valence electrons. The van der Waals surface area contributed by atoms with Crippen molar-refractivity contribution >= 4 is 16.9 Å². The van der Waals surface area contributed by atoms with Crippen molar-refractivity contribution in [1.29, 1.82) is 0 Å². The number of hydrogen-bond acceptors (Lipinski definition) is 4. The van der Waals surface area contributed by atoms with Gasteiger partial charge in [0.25, 0.3) is 0 Å². The van der Waals surface area contributed by atoms with Gasteiger partial charge in [0, 0.05) is 30.5 Å². The highest BCUT2D eigenvalue weighted by atomic mass is 16.4. The largest absolute Gasteiger partial charge is 0.480 e. The fourth-order valence-electron chi connectivity index (χ4n) is 3.81. The number of carbonyl (C=O) groups is 1. The number of para-hydroxylation sites is 1. The zero-order valence-electron chi connectivity index (χ0n) is 13.7. The lowest BCUT2D eigenvalue weighted by Crippen LogP contribution is -2.39. The van der Waals surface area contributed by atoms with Crippen molar-refractivity contribution in [3.63, 3.8) is 0 Å². The van der Waals surface area contributed by atoms with Crippen molar-refractivity contribution in [3.05, 3.63) is 72.2 Å². The molecule has 1 aromatic carbocycles. The van der Waals surface area contributed by atoms with Crippen LogP contribution in [0.2, 0.25) is 0 Å². The number of carboxylic acids is 1. The van der Waals surface area contributed by atoms with Crippen LogP contribution in [0, 0.1) is 0 Å². The van der Waals surface area contributed by atoms with E-state index in [1.165, 1.54) is 0 Å². The predicted molar refractivity (Wildman–Crippen MR) is 95.2 cm³/mol. The molecule has 5 nitrogen and oxygen atoms in total. The molecule has 0 aliphatic carbocycles. The molecular weight excluding hydrogens is 314 g/mol. The Morgan fingerprint density at radius 1 is 1.16 bits per heavy atom. The highest BCUT2D eigenvalue weighted by Crippen LogP contribution is 2.37. The van der Waals surface area contributed by atoms with Gasteiger partial charge in [-0.15, -0.1) is 0 Å². The van der Waals surface area contributed by atoms with Gasteiger partial charge in [-0.25, -0.2) is 0 Å². The lowest BCUT2D eigenvalue weighted by Gasteiger charge is -2.32. The van der Waals surface area contributed by atoms with Crippen LogP contribution in [0.25, 0.3) is 10.9 Å². The van der Waals surface area contributed by atoms with Crippen LogP contribution in [0.4, 0.5) is 0 Å². The molecule has 3 aromatic rings. The number of fused-ring (bicyclic) bond motifs is 1. The molecule has 1 aliphatic heterocycles. The van der Waals surface area contributed by atoms with Crippen LogP contribution in [0.1, 0.15) is 30.0 Å². The summed E-state index contributed by atoms with van der Waals surface area (Å²) in [7, 11) is 0. The number of benzene rings is 1. The van der Waals surface area contributed by atoms with Crippen LogP contribution >= 0.6 is 0 Å². The molecule has 1 N–H and O–H groups in total. The zero-order chi connectivity index (χ0) is 17.2. The second-order valence-electron chi connectivity index (χ2n) is 6.34. The van der Waals surface area contributed by atoms with Gasteiger partial charge in [-0.05, 0) is 42.2 Å². The number of hydrogen-bond donors (Lipinski definition) is 1. The van der Waals surface area contributed by atoms with E-state index in [9.17, 15) is 9.90 Å².